The molecule has 0 aromatic rings. The third-order valence-electron chi connectivity index (χ3n) is 4.09. The average Bonchev–Trinajstić information content (AvgIpc) is 2.88. The van der Waals surface area contributed by atoms with E-state index >= 15 is 0 Å². The molecule has 1 saturated carbocycles. The highest BCUT2D eigenvalue weighted by Gasteiger charge is 2.82. The second kappa shape index (κ2) is 2.87. The van der Waals surface area contributed by atoms with Crippen molar-refractivity contribution in [2.45, 2.75) is 44.5 Å². The highest BCUT2D eigenvalue weighted by atomic mass is 16.7. The van der Waals surface area contributed by atoms with Crippen LogP contribution in [0.25, 0.3) is 0 Å². The fourth-order valence-corrected chi connectivity index (χ4v) is 3.04. The summed E-state index contributed by atoms with van der Waals surface area (Å²) < 4.78 is 10.7. The van der Waals surface area contributed by atoms with Crippen LogP contribution in [0, 0.1) is 5.41 Å². The van der Waals surface area contributed by atoms with Crippen molar-refractivity contribution >= 4 is 5.97 Å². The molecule has 0 radical (unpaired) electrons. The number of allylic oxidation sites excluding steroid dienone is 2. The summed E-state index contributed by atoms with van der Waals surface area (Å²) in [6.07, 6.45) is 3.19. The molecule has 0 aromatic heterocycles. The number of esters is 1. The molecule has 3 rings (SSSR count). The van der Waals surface area contributed by atoms with Gasteiger partial charge in [-0.2, -0.15) is 0 Å². The Morgan fingerprint density at radius 1 is 1.62 bits per heavy atom. The summed E-state index contributed by atoms with van der Waals surface area (Å²) in [7, 11) is 0. The molecule has 4 heteroatoms. The SMILES string of the molecule is CC(C)=CCC12C(=O)OC1CC1(CO)OC12. The van der Waals surface area contributed by atoms with Gasteiger partial charge in [0, 0.05) is 6.42 Å². The molecule has 3 aliphatic rings. The van der Waals surface area contributed by atoms with Crippen LogP contribution >= 0.6 is 0 Å². The molecule has 2 aliphatic heterocycles. The summed E-state index contributed by atoms with van der Waals surface area (Å²) in [4.78, 5) is 11.7. The Morgan fingerprint density at radius 3 is 2.94 bits per heavy atom. The van der Waals surface area contributed by atoms with Gasteiger partial charge in [-0.05, 0) is 20.3 Å². The molecule has 4 atom stereocenters. The molecule has 16 heavy (non-hydrogen) atoms. The van der Waals surface area contributed by atoms with Gasteiger partial charge in [-0.25, -0.2) is 0 Å². The highest BCUT2D eigenvalue weighted by Crippen LogP contribution is 2.66. The van der Waals surface area contributed by atoms with Gasteiger partial charge in [0.2, 0.25) is 0 Å². The molecule has 2 saturated heterocycles. The lowest BCUT2D eigenvalue weighted by molar-refractivity contribution is -0.209. The molecule has 1 aliphatic carbocycles. The van der Waals surface area contributed by atoms with Gasteiger partial charge in [0.05, 0.1) is 6.61 Å². The number of carbonyl (C=O) groups excluding carboxylic acids is 1. The predicted molar refractivity (Wildman–Crippen MR) is 55.7 cm³/mol. The topological polar surface area (TPSA) is 59.1 Å². The first kappa shape index (κ1) is 10.3. The molecule has 3 fully saturated rings. The van der Waals surface area contributed by atoms with Gasteiger partial charge < -0.3 is 14.6 Å². The fourth-order valence-electron chi connectivity index (χ4n) is 3.04. The summed E-state index contributed by atoms with van der Waals surface area (Å²) >= 11 is 0. The molecule has 0 bridgehead atoms. The Bertz CT molecular complexity index is 384. The molecule has 1 N–H and O–H groups in total. The summed E-state index contributed by atoms with van der Waals surface area (Å²) in [5, 5.41) is 9.30. The van der Waals surface area contributed by atoms with E-state index in [2.05, 4.69) is 6.08 Å². The van der Waals surface area contributed by atoms with E-state index in [0.717, 1.165) is 0 Å². The third kappa shape index (κ3) is 0.992. The zero-order chi connectivity index (χ0) is 11.6. The van der Waals surface area contributed by atoms with Gasteiger partial charge in [0.25, 0.3) is 0 Å². The first-order chi connectivity index (χ1) is 7.55. The molecular formula is C12H16O4. The predicted octanol–water partition coefficient (Wildman–Crippen LogP) is 0.788. The van der Waals surface area contributed by atoms with Crippen LogP contribution in [0.15, 0.2) is 11.6 Å². The Morgan fingerprint density at radius 2 is 2.38 bits per heavy atom. The van der Waals surface area contributed by atoms with Gasteiger partial charge in [0.15, 0.2) is 0 Å². The van der Waals surface area contributed by atoms with E-state index in [9.17, 15) is 9.90 Å². The summed E-state index contributed by atoms with van der Waals surface area (Å²) in [5.41, 5.74) is 0.210. The smallest absolute Gasteiger partial charge is 0.319 e. The minimum absolute atomic E-state index is 0.0125. The van der Waals surface area contributed by atoms with Crippen molar-refractivity contribution < 1.29 is 19.4 Å². The van der Waals surface area contributed by atoms with Crippen LogP contribution in [0.1, 0.15) is 26.7 Å². The van der Waals surface area contributed by atoms with E-state index in [-0.39, 0.29) is 24.8 Å². The highest BCUT2D eigenvalue weighted by molar-refractivity contribution is 5.86. The standard InChI is InChI=1S/C12H16O4/c1-7(2)3-4-12-8(15-10(12)14)5-11(6-13)9(12)16-11/h3,8-9,13H,4-6H2,1-2H3. The second-order valence-electron chi connectivity index (χ2n) is 5.34. The number of aliphatic hydroxyl groups excluding tert-OH is 1. The number of carbonyl (C=O) groups is 1. The van der Waals surface area contributed by atoms with Gasteiger partial charge in [-0.1, -0.05) is 11.6 Å². The van der Waals surface area contributed by atoms with E-state index < -0.39 is 11.0 Å². The molecule has 0 aromatic carbocycles. The van der Waals surface area contributed by atoms with Gasteiger partial charge in [0.1, 0.15) is 23.2 Å². The Hall–Kier alpha value is -0.870. The lowest BCUT2D eigenvalue weighted by Gasteiger charge is -2.42. The van der Waals surface area contributed by atoms with Gasteiger partial charge >= 0.3 is 5.97 Å². The monoisotopic (exact) mass is 224 g/mol. The van der Waals surface area contributed by atoms with Crippen molar-refractivity contribution in [1.82, 2.24) is 0 Å². The van der Waals surface area contributed by atoms with E-state index in [1.165, 1.54) is 5.57 Å². The second-order valence-corrected chi connectivity index (χ2v) is 5.34. The molecule has 4 nitrogen and oxygen atoms in total. The number of rotatable bonds is 3. The molecule has 2 heterocycles. The molecule has 0 spiro atoms. The fraction of sp³-hybridized carbons (Fsp3) is 0.750. The Balaban J connectivity index is 1.87. The zero-order valence-electron chi connectivity index (χ0n) is 9.53. The van der Waals surface area contributed by atoms with Crippen molar-refractivity contribution in [3.63, 3.8) is 0 Å². The van der Waals surface area contributed by atoms with E-state index in [4.69, 9.17) is 9.47 Å². The van der Waals surface area contributed by atoms with Crippen LogP contribution in [0.5, 0.6) is 0 Å². The largest absolute Gasteiger partial charge is 0.460 e. The van der Waals surface area contributed by atoms with E-state index in [1.807, 2.05) is 13.8 Å². The summed E-state index contributed by atoms with van der Waals surface area (Å²) in [6.45, 7) is 4.01. The lowest BCUT2D eigenvalue weighted by Crippen LogP contribution is -2.56. The van der Waals surface area contributed by atoms with Crippen molar-refractivity contribution in [2.24, 2.45) is 5.41 Å². The average molecular weight is 224 g/mol. The minimum atomic E-state index is -0.500. The number of hydrogen-bond donors (Lipinski definition) is 1. The molecule has 88 valence electrons. The number of epoxide rings is 1. The third-order valence-corrected chi connectivity index (χ3v) is 4.09. The van der Waals surface area contributed by atoms with Crippen LogP contribution in [-0.2, 0) is 14.3 Å². The first-order valence-electron chi connectivity index (χ1n) is 5.68. The van der Waals surface area contributed by atoms with Gasteiger partial charge in [-0.15, -0.1) is 0 Å². The van der Waals surface area contributed by atoms with E-state index in [0.29, 0.717) is 12.8 Å². The van der Waals surface area contributed by atoms with Crippen LogP contribution in [-0.4, -0.2) is 35.5 Å². The maximum atomic E-state index is 11.7. The Labute approximate surface area is 94.2 Å². The van der Waals surface area contributed by atoms with Crippen LogP contribution in [0.3, 0.4) is 0 Å². The van der Waals surface area contributed by atoms with Crippen LogP contribution in [0.4, 0.5) is 0 Å². The lowest BCUT2D eigenvalue weighted by atomic mass is 9.75. The van der Waals surface area contributed by atoms with E-state index in [1.54, 1.807) is 0 Å². The molecule has 4 unspecified atom stereocenters. The van der Waals surface area contributed by atoms with Crippen molar-refractivity contribution in [3.05, 3.63) is 11.6 Å². The van der Waals surface area contributed by atoms with Crippen molar-refractivity contribution in [1.29, 1.82) is 0 Å². The molecular weight excluding hydrogens is 208 g/mol. The Kier molecular flexibility index (Phi) is 1.85. The van der Waals surface area contributed by atoms with Crippen LogP contribution in [0.2, 0.25) is 0 Å². The molecule has 0 amide bonds. The van der Waals surface area contributed by atoms with Crippen molar-refractivity contribution in [2.75, 3.05) is 6.61 Å². The normalized spacial score (nSPS) is 47.6. The zero-order valence-corrected chi connectivity index (χ0v) is 9.53. The quantitative estimate of drug-likeness (QED) is 0.437. The maximum absolute atomic E-state index is 11.7. The number of fused-ring (bicyclic) bond motifs is 3. The maximum Gasteiger partial charge on any atom is 0.319 e. The number of aliphatic hydroxyl groups is 1. The number of ether oxygens (including phenoxy) is 2. The van der Waals surface area contributed by atoms with Crippen LogP contribution < -0.4 is 0 Å². The summed E-state index contributed by atoms with van der Waals surface area (Å²) in [6, 6.07) is 0. The summed E-state index contributed by atoms with van der Waals surface area (Å²) in [5.74, 6) is -0.159. The minimum Gasteiger partial charge on any atom is -0.460 e. The number of hydrogen-bond acceptors (Lipinski definition) is 4. The van der Waals surface area contributed by atoms with Crippen molar-refractivity contribution in [3.8, 4) is 0 Å². The first-order valence-corrected chi connectivity index (χ1v) is 5.68. The van der Waals surface area contributed by atoms with Gasteiger partial charge in [-0.3, -0.25) is 4.79 Å².